The molecule has 0 N–H and O–H groups in total. The summed E-state index contributed by atoms with van der Waals surface area (Å²) in [5.74, 6) is -2.35. The van der Waals surface area contributed by atoms with Crippen molar-refractivity contribution < 1.29 is 19.2 Å². The molecule has 0 radical (unpaired) electrons. The first kappa shape index (κ1) is 13.5. The molecule has 2 aromatic rings. The number of rotatable bonds is 2. The van der Waals surface area contributed by atoms with Gasteiger partial charge in [0.2, 0.25) is 0 Å². The highest BCUT2D eigenvalue weighted by molar-refractivity contribution is 6.21. The van der Waals surface area contributed by atoms with Gasteiger partial charge in [0.25, 0.3) is 11.8 Å². The number of imide groups is 1. The van der Waals surface area contributed by atoms with Crippen molar-refractivity contribution in [2.24, 2.45) is 0 Å². The molecule has 0 unspecified atom stereocenters. The second kappa shape index (κ2) is 5.14. The molecule has 0 bridgehead atoms. The maximum atomic E-state index is 12.1. The van der Waals surface area contributed by atoms with Crippen LogP contribution in [0.5, 0.6) is 0 Å². The molecule has 1 heterocycles. The molecule has 0 atom stereocenters. The van der Waals surface area contributed by atoms with E-state index in [0.717, 1.165) is 0 Å². The first-order valence-electron chi connectivity index (χ1n) is 6.32. The third kappa shape index (κ3) is 2.01. The molecule has 3 rings (SSSR count). The first-order chi connectivity index (χ1) is 10.6. The number of benzene rings is 2. The summed E-state index contributed by atoms with van der Waals surface area (Å²) >= 11 is 0. The molecule has 0 saturated heterocycles. The third-order valence-electron chi connectivity index (χ3n) is 3.20. The molecule has 106 valence electrons. The molecular formula is C16H8N2O4. The summed E-state index contributed by atoms with van der Waals surface area (Å²) in [6.45, 7) is 0. The van der Waals surface area contributed by atoms with Gasteiger partial charge in [0.05, 0.1) is 22.3 Å². The van der Waals surface area contributed by atoms with E-state index in [1.54, 1.807) is 24.3 Å². The molecule has 0 aliphatic carbocycles. The van der Waals surface area contributed by atoms with Crippen LogP contribution < -0.4 is 0 Å². The first-order valence-corrected chi connectivity index (χ1v) is 6.32. The van der Waals surface area contributed by atoms with Crippen molar-refractivity contribution in [2.75, 3.05) is 0 Å². The van der Waals surface area contributed by atoms with Crippen LogP contribution in [0.2, 0.25) is 0 Å². The predicted octanol–water partition coefficient (Wildman–Crippen LogP) is 1.93. The Labute approximate surface area is 125 Å². The van der Waals surface area contributed by atoms with E-state index in [1.807, 2.05) is 6.07 Å². The Balaban J connectivity index is 1.89. The highest BCUT2D eigenvalue weighted by atomic mass is 16.7. The summed E-state index contributed by atoms with van der Waals surface area (Å²) in [5, 5.41) is 9.39. The molecule has 2 aromatic carbocycles. The molecular weight excluding hydrogens is 284 g/mol. The van der Waals surface area contributed by atoms with E-state index in [1.165, 1.54) is 24.3 Å². The van der Waals surface area contributed by atoms with Crippen LogP contribution in [0.3, 0.4) is 0 Å². The van der Waals surface area contributed by atoms with Crippen LogP contribution in [0.25, 0.3) is 0 Å². The zero-order valence-electron chi connectivity index (χ0n) is 11.1. The lowest BCUT2D eigenvalue weighted by Gasteiger charge is -2.13. The summed E-state index contributed by atoms with van der Waals surface area (Å²) in [7, 11) is 0. The minimum Gasteiger partial charge on any atom is -0.324 e. The van der Waals surface area contributed by atoms with E-state index in [0.29, 0.717) is 5.06 Å². The Hall–Kier alpha value is -3.46. The monoisotopic (exact) mass is 292 g/mol. The fraction of sp³-hybridized carbons (Fsp3) is 0. The van der Waals surface area contributed by atoms with Crippen molar-refractivity contribution >= 4 is 17.8 Å². The molecule has 0 saturated carbocycles. The van der Waals surface area contributed by atoms with Gasteiger partial charge >= 0.3 is 5.97 Å². The van der Waals surface area contributed by atoms with Crippen LogP contribution in [0.4, 0.5) is 0 Å². The highest BCUT2D eigenvalue weighted by Gasteiger charge is 2.38. The summed E-state index contributed by atoms with van der Waals surface area (Å²) in [6.07, 6.45) is 0. The van der Waals surface area contributed by atoms with Crippen molar-refractivity contribution in [1.82, 2.24) is 5.06 Å². The quantitative estimate of drug-likeness (QED) is 0.789. The normalized spacial score (nSPS) is 12.8. The number of nitriles is 1. The third-order valence-corrected chi connectivity index (χ3v) is 3.20. The van der Waals surface area contributed by atoms with Crippen molar-refractivity contribution in [3.8, 4) is 6.07 Å². The smallest absolute Gasteiger partial charge is 0.324 e. The average Bonchev–Trinajstić information content (AvgIpc) is 2.80. The van der Waals surface area contributed by atoms with E-state index >= 15 is 0 Å². The average molecular weight is 292 g/mol. The van der Waals surface area contributed by atoms with Gasteiger partial charge in [-0.2, -0.15) is 5.26 Å². The molecule has 1 aliphatic rings. The molecule has 0 fully saturated rings. The molecule has 6 nitrogen and oxygen atoms in total. The number of amides is 2. The lowest BCUT2D eigenvalue weighted by atomic mass is 10.1. The van der Waals surface area contributed by atoms with E-state index in [-0.39, 0.29) is 22.3 Å². The summed E-state index contributed by atoms with van der Waals surface area (Å²) < 4.78 is 0. The maximum Gasteiger partial charge on any atom is 0.365 e. The van der Waals surface area contributed by atoms with Gasteiger partial charge in [0.1, 0.15) is 6.07 Å². The van der Waals surface area contributed by atoms with E-state index in [4.69, 9.17) is 10.1 Å². The summed E-state index contributed by atoms with van der Waals surface area (Å²) in [5.41, 5.74) is 0.438. The Morgan fingerprint density at radius 3 is 2.09 bits per heavy atom. The zero-order valence-corrected chi connectivity index (χ0v) is 11.1. The zero-order chi connectivity index (χ0) is 15.7. The van der Waals surface area contributed by atoms with Crippen LogP contribution in [0, 0.1) is 11.3 Å². The number of hydrogen-bond acceptors (Lipinski definition) is 5. The number of hydrogen-bond donors (Lipinski definition) is 0. The van der Waals surface area contributed by atoms with Crippen LogP contribution in [-0.4, -0.2) is 22.8 Å². The molecule has 0 aromatic heterocycles. The van der Waals surface area contributed by atoms with Crippen molar-refractivity contribution in [3.05, 3.63) is 70.8 Å². The molecule has 6 heteroatoms. The fourth-order valence-electron chi connectivity index (χ4n) is 2.14. The molecule has 2 amide bonds. The SMILES string of the molecule is N#Cc1ccccc1C(=O)ON1C(=O)c2ccccc2C1=O. The number of fused-ring (bicyclic) bond motifs is 1. The van der Waals surface area contributed by atoms with Gasteiger partial charge in [-0.15, -0.1) is 0 Å². The van der Waals surface area contributed by atoms with Crippen LogP contribution in [0.15, 0.2) is 48.5 Å². The summed E-state index contributed by atoms with van der Waals surface area (Å²) in [6, 6.07) is 14.0. The van der Waals surface area contributed by atoms with Crippen molar-refractivity contribution in [2.45, 2.75) is 0 Å². The molecule has 0 spiro atoms. The van der Waals surface area contributed by atoms with Gasteiger partial charge in [0, 0.05) is 0 Å². The van der Waals surface area contributed by atoms with Crippen LogP contribution in [0.1, 0.15) is 36.6 Å². The predicted molar refractivity (Wildman–Crippen MR) is 73.5 cm³/mol. The highest BCUT2D eigenvalue weighted by Crippen LogP contribution is 2.23. The van der Waals surface area contributed by atoms with Gasteiger partial charge in [0.15, 0.2) is 0 Å². The van der Waals surface area contributed by atoms with Crippen LogP contribution >= 0.6 is 0 Å². The van der Waals surface area contributed by atoms with Crippen molar-refractivity contribution in [1.29, 1.82) is 5.26 Å². The lowest BCUT2D eigenvalue weighted by molar-refractivity contribution is -0.0584. The number of nitrogens with zero attached hydrogens (tertiary/aromatic N) is 2. The number of carbonyl (C=O) groups is 3. The van der Waals surface area contributed by atoms with E-state index in [9.17, 15) is 14.4 Å². The van der Waals surface area contributed by atoms with Gasteiger partial charge in [-0.1, -0.05) is 29.3 Å². The summed E-state index contributed by atoms with van der Waals surface area (Å²) in [4.78, 5) is 41.2. The minimum absolute atomic E-state index is 0.0124. The lowest BCUT2D eigenvalue weighted by Crippen LogP contribution is -2.32. The number of hydroxylamine groups is 2. The van der Waals surface area contributed by atoms with Gasteiger partial charge in [-0.05, 0) is 24.3 Å². The number of carbonyl (C=O) groups excluding carboxylic acids is 3. The Morgan fingerprint density at radius 1 is 0.955 bits per heavy atom. The second-order valence-corrected chi connectivity index (χ2v) is 4.49. The topological polar surface area (TPSA) is 87.5 Å². The Bertz CT molecular complexity index is 816. The van der Waals surface area contributed by atoms with E-state index in [2.05, 4.69) is 0 Å². The van der Waals surface area contributed by atoms with Gasteiger partial charge in [-0.25, -0.2) is 4.79 Å². The largest absolute Gasteiger partial charge is 0.365 e. The molecule has 22 heavy (non-hydrogen) atoms. The maximum absolute atomic E-state index is 12.1. The standard InChI is InChI=1S/C16H8N2O4/c17-9-10-5-1-2-6-11(10)16(21)22-18-14(19)12-7-3-4-8-13(12)15(18)20/h1-8H. The minimum atomic E-state index is -0.938. The van der Waals surface area contributed by atoms with E-state index < -0.39 is 17.8 Å². The Morgan fingerprint density at radius 2 is 1.50 bits per heavy atom. The van der Waals surface area contributed by atoms with Gasteiger partial charge < -0.3 is 4.84 Å². The van der Waals surface area contributed by atoms with Gasteiger partial charge in [-0.3, -0.25) is 9.59 Å². The molecule has 1 aliphatic heterocycles. The fourth-order valence-corrected chi connectivity index (χ4v) is 2.14. The second-order valence-electron chi connectivity index (χ2n) is 4.49. The van der Waals surface area contributed by atoms with Crippen LogP contribution in [-0.2, 0) is 4.84 Å². The van der Waals surface area contributed by atoms with Crippen molar-refractivity contribution in [3.63, 3.8) is 0 Å². The Kier molecular flexibility index (Phi) is 3.16.